The van der Waals surface area contributed by atoms with Gasteiger partial charge in [-0.25, -0.2) is 4.79 Å². The third kappa shape index (κ3) is 2.86. The minimum Gasteiger partial charge on any atom is -0.423 e. The van der Waals surface area contributed by atoms with E-state index >= 15 is 0 Å². The fraction of sp³-hybridized carbons (Fsp3) is 0.167. The lowest BCUT2D eigenvalue weighted by Gasteiger charge is -2.50. The molecule has 5 rings (SSSR count). The highest BCUT2D eigenvalue weighted by Crippen LogP contribution is 2.45. The highest BCUT2D eigenvalue weighted by Gasteiger charge is 2.48. The van der Waals surface area contributed by atoms with Crippen LogP contribution < -0.4 is 14.5 Å². The van der Waals surface area contributed by atoms with Crippen molar-refractivity contribution in [1.29, 1.82) is 0 Å². The number of nitrogens with zero attached hydrogens (tertiary/aromatic N) is 2. The van der Waals surface area contributed by atoms with Crippen LogP contribution in [0, 0.1) is 6.92 Å². The molecule has 0 spiro atoms. The van der Waals surface area contributed by atoms with E-state index in [0.717, 1.165) is 22.5 Å². The molecule has 0 saturated carbocycles. The number of carbonyl (C=O) groups is 2. The number of hydrogen-bond donors (Lipinski definition) is 0. The lowest BCUT2D eigenvalue weighted by molar-refractivity contribution is -0.140. The van der Waals surface area contributed by atoms with Gasteiger partial charge >= 0.3 is 5.97 Å². The number of ether oxygens (including phenoxy) is 1. The van der Waals surface area contributed by atoms with Crippen LogP contribution >= 0.6 is 0 Å². The van der Waals surface area contributed by atoms with Gasteiger partial charge in [0.15, 0.2) is 5.75 Å². The summed E-state index contributed by atoms with van der Waals surface area (Å²) in [6, 6.07) is 24.6. The number of fused-ring (bicyclic) bond motifs is 3. The maximum absolute atomic E-state index is 13.2. The van der Waals surface area contributed by atoms with E-state index in [1.54, 1.807) is 11.0 Å². The van der Waals surface area contributed by atoms with E-state index in [0.29, 0.717) is 5.75 Å². The van der Waals surface area contributed by atoms with Crippen LogP contribution in [0.25, 0.3) is 0 Å². The zero-order valence-electron chi connectivity index (χ0n) is 16.0. The molecule has 3 aromatic carbocycles. The number of carbonyl (C=O) groups excluding carboxylic acids is 2. The Balaban J connectivity index is 1.73. The molecule has 1 saturated heterocycles. The van der Waals surface area contributed by atoms with Gasteiger partial charge in [-0.05, 0) is 36.8 Å². The number of para-hydroxylation sites is 3. The van der Waals surface area contributed by atoms with Crippen molar-refractivity contribution >= 4 is 23.3 Å². The Bertz CT molecular complexity index is 1080. The van der Waals surface area contributed by atoms with Gasteiger partial charge in [-0.15, -0.1) is 0 Å². The first-order chi connectivity index (χ1) is 14.1. The Hall–Kier alpha value is -3.60. The van der Waals surface area contributed by atoms with Crippen LogP contribution in [0.2, 0.25) is 0 Å². The van der Waals surface area contributed by atoms with Crippen molar-refractivity contribution in [3.8, 4) is 5.75 Å². The van der Waals surface area contributed by atoms with E-state index in [9.17, 15) is 9.59 Å². The number of rotatable bonds is 2. The van der Waals surface area contributed by atoms with Gasteiger partial charge in [0.2, 0.25) is 5.91 Å². The van der Waals surface area contributed by atoms with Crippen molar-refractivity contribution in [1.82, 2.24) is 0 Å². The molecule has 2 aliphatic heterocycles. The average molecular weight is 384 g/mol. The zero-order valence-corrected chi connectivity index (χ0v) is 16.0. The first kappa shape index (κ1) is 17.5. The number of aryl methyl sites for hydroxylation is 1. The number of anilines is 2. The molecule has 1 amide bonds. The van der Waals surface area contributed by atoms with Gasteiger partial charge in [-0.2, -0.15) is 0 Å². The second kappa shape index (κ2) is 6.78. The minimum atomic E-state index is -0.649. The Labute approximate surface area is 169 Å². The summed E-state index contributed by atoms with van der Waals surface area (Å²) in [6.45, 7) is 2.03. The lowest BCUT2D eigenvalue weighted by atomic mass is 9.96. The maximum atomic E-state index is 13.2. The first-order valence-corrected chi connectivity index (χ1v) is 9.66. The standard InChI is InChI=1S/C24H20N2O3/c1-16-11-13-17(14-12-16)23-25(18-7-3-2-4-8-18)22(27)15-20-24(28)29-21-10-6-5-9-19(21)26(20)23/h2-14,20,23H,15H2,1H3/t20-,23-/m0/s1. The van der Waals surface area contributed by atoms with Crippen molar-refractivity contribution in [3.05, 3.63) is 90.0 Å². The highest BCUT2D eigenvalue weighted by atomic mass is 16.5. The van der Waals surface area contributed by atoms with Crippen LogP contribution in [0.4, 0.5) is 11.4 Å². The highest BCUT2D eigenvalue weighted by molar-refractivity contribution is 6.02. The summed E-state index contributed by atoms with van der Waals surface area (Å²) in [4.78, 5) is 29.8. The smallest absolute Gasteiger partial charge is 0.334 e. The molecular formula is C24H20N2O3. The van der Waals surface area contributed by atoms with Gasteiger partial charge in [-0.3, -0.25) is 9.69 Å². The molecule has 0 aliphatic carbocycles. The fourth-order valence-electron chi connectivity index (χ4n) is 4.15. The first-order valence-electron chi connectivity index (χ1n) is 9.66. The summed E-state index contributed by atoms with van der Waals surface area (Å²) >= 11 is 0. The number of amides is 1. The summed E-state index contributed by atoms with van der Waals surface area (Å²) in [5, 5.41) is 0. The van der Waals surface area contributed by atoms with Crippen LogP contribution in [0.5, 0.6) is 5.75 Å². The molecule has 0 bridgehead atoms. The molecule has 3 aromatic rings. The van der Waals surface area contributed by atoms with Gasteiger partial charge < -0.3 is 9.64 Å². The molecule has 29 heavy (non-hydrogen) atoms. The zero-order chi connectivity index (χ0) is 20.0. The predicted octanol–water partition coefficient (Wildman–Crippen LogP) is 4.22. The number of hydrogen-bond acceptors (Lipinski definition) is 4. The molecule has 2 atom stereocenters. The molecule has 144 valence electrons. The summed E-state index contributed by atoms with van der Waals surface area (Å²) in [5.41, 5.74) is 3.70. The average Bonchev–Trinajstić information content (AvgIpc) is 2.74. The van der Waals surface area contributed by atoms with Gasteiger partial charge in [0.25, 0.3) is 0 Å². The van der Waals surface area contributed by atoms with Crippen molar-refractivity contribution in [2.75, 3.05) is 9.80 Å². The predicted molar refractivity (Wildman–Crippen MR) is 111 cm³/mol. The van der Waals surface area contributed by atoms with Gasteiger partial charge in [0, 0.05) is 5.69 Å². The van der Waals surface area contributed by atoms with Gasteiger partial charge in [0.1, 0.15) is 12.2 Å². The summed E-state index contributed by atoms with van der Waals surface area (Å²) in [7, 11) is 0. The Morgan fingerprint density at radius 3 is 2.31 bits per heavy atom. The summed E-state index contributed by atoms with van der Waals surface area (Å²) in [5.74, 6) is 0.0365. The van der Waals surface area contributed by atoms with Crippen LogP contribution in [0.1, 0.15) is 23.7 Å². The van der Waals surface area contributed by atoms with Crippen molar-refractivity contribution in [3.63, 3.8) is 0 Å². The largest absolute Gasteiger partial charge is 0.423 e. The molecule has 0 unspecified atom stereocenters. The lowest BCUT2D eigenvalue weighted by Crippen LogP contribution is -2.60. The van der Waals surface area contributed by atoms with E-state index in [4.69, 9.17) is 4.74 Å². The molecular weight excluding hydrogens is 364 g/mol. The molecule has 5 nitrogen and oxygen atoms in total. The van der Waals surface area contributed by atoms with Crippen molar-refractivity contribution < 1.29 is 14.3 Å². The molecule has 0 radical (unpaired) electrons. The summed E-state index contributed by atoms with van der Waals surface area (Å²) in [6.07, 6.45) is -0.372. The van der Waals surface area contributed by atoms with Crippen LogP contribution in [0.15, 0.2) is 78.9 Å². The van der Waals surface area contributed by atoms with Crippen molar-refractivity contribution in [2.24, 2.45) is 0 Å². The maximum Gasteiger partial charge on any atom is 0.334 e. The van der Waals surface area contributed by atoms with Crippen LogP contribution in [0.3, 0.4) is 0 Å². The molecule has 1 fully saturated rings. The number of benzene rings is 3. The van der Waals surface area contributed by atoms with Gasteiger partial charge in [0.05, 0.1) is 12.1 Å². The number of esters is 1. The van der Waals surface area contributed by atoms with E-state index in [1.807, 2.05) is 84.6 Å². The third-order valence-electron chi connectivity index (χ3n) is 5.52. The van der Waals surface area contributed by atoms with E-state index in [-0.39, 0.29) is 18.3 Å². The molecule has 2 heterocycles. The third-order valence-corrected chi connectivity index (χ3v) is 5.52. The normalized spacial score (nSPS) is 20.7. The molecule has 0 N–H and O–H groups in total. The van der Waals surface area contributed by atoms with Crippen LogP contribution in [-0.2, 0) is 9.59 Å². The fourth-order valence-corrected chi connectivity index (χ4v) is 4.15. The quantitative estimate of drug-likeness (QED) is 0.490. The molecule has 0 aromatic heterocycles. The second-order valence-corrected chi connectivity index (χ2v) is 7.40. The van der Waals surface area contributed by atoms with E-state index in [1.165, 1.54) is 0 Å². The molecule has 5 heteroatoms. The van der Waals surface area contributed by atoms with E-state index in [2.05, 4.69) is 0 Å². The minimum absolute atomic E-state index is 0.0738. The van der Waals surface area contributed by atoms with Crippen molar-refractivity contribution in [2.45, 2.75) is 25.6 Å². The summed E-state index contributed by atoms with van der Waals surface area (Å²) < 4.78 is 5.54. The van der Waals surface area contributed by atoms with E-state index < -0.39 is 12.2 Å². The Morgan fingerprint density at radius 1 is 0.862 bits per heavy atom. The Kier molecular flexibility index (Phi) is 4.09. The van der Waals surface area contributed by atoms with Crippen LogP contribution in [-0.4, -0.2) is 17.9 Å². The topological polar surface area (TPSA) is 49.9 Å². The second-order valence-electron chi connectivity index (χ2n) is 7.40. The monoisotopic (exact) mass is 384 g/mol. The SMILES string of the molecule is Cc1ccc([C@H]2N(c3ccccc3)C(=O)C[C@H]3C(=O)Oc4ccccc4N32)cc1. The Morgan fingerprint density at radius 2 is 1.55 bits per heavy atom. The molecule has 2 aliphatic rings. The van der Waals surface area contributed by atoms with Gasteiger partial charge in [-0.1, -0.05) is 60.2 Å².